The molecule has 7 nitrogen and oxygen atoms in total. The summed E-state index contributed by atoms with van der Waals surface area (Å²) in [7, 11) is 1.92. The van der Waals surface area contributed by atoms with Crippen molar-refractivity contribution in [1.29, 1.82) is 0 Å². The maximum absolute atomic E-state index is 12.7. The molecule has 1 aliphatic heterocycles. The average molecular weight is 418 g/mol. The van der Waals surface area contributed by atoms with E-state index in [1.807, 2.05) is 43.1 Å². The molecule has 2 aromatic rings. The molecule has 156 valence electrons. The Bertz CT molecular complexity index is 853. The highest BCUT2D eigenvalue weighted by atomic mass is 35.5. The fourth-order valence-corrected chi connectivity index (χ4v) is 3.69. The number of halogens is 1. The second-order valence-corrected chi connectivity index (χ2v) is 7.70. The van der Waals surface area contributed by atoms with Crippen LogP contribution in [0.25, 0.3) is 0 Å². The number of carbonyl (C=O) groups excluding carboxylic acids is 2. The van der Waals surface area contributed by atoms with Gasteiger partial charge in [0.25, 0.3) is 5.91 Å². The molecule has 3 rings (SSSR count). The minimum Gasteiger partial charge on any atom is -0.355 e. The maximum atomic E-state index is 12.7. The Kier molecular flexibility index (Phi) is 7.28. The number of nitrogens with one attached hydrogen (secondary N) is 1. The summed E-state index contributed by atoms with van der Waals surface area (Å²) in [5, 5.41) is 8.05. The second-order valence-electron chi connectivity index (χ2n) is 7.29. The third-order valence-electron chi connectivity index (χ3n) is 5.30. The van der Waals surface area contributed by atoms with Crippen molar-refractivity contribution < 1.29 is 9.59 Å². The maximum Gasteiger partial charge on any atom is 0.274 e. The van der Waals surface area contributed by atoms with Crippen molar-refractivity contribution >= 4 is 23.4 Å². The van der Waals surface area contributed by atoms with Crippen LogP contribution in [0.4, 0.5) is 0 Å². The number of amides is 2. The molecule has 0 aliphatic carbocycles. The van der Waals surface area contributed by atoms with E-state index in [-0.39, 0.29) is 17.9 Å². The van der Waals surface area contributed by atoms with Gasteiger partial charge in [-0.05, 0) is 44.5 Å². The summed E-state index contributed by atoms with van der Waals surface area (Å²) in [5.41, 5.74) is 1.51. The molecule has 1 aromatic heterocycles. The van der Waals surface area contributed by atoms with Crippen LogP contribution in [-0.4, -0.2) is 70.7 Å². The van der Waals surface area contributed by atoms with Gasteiger partial charge >= 0.3 is 0 Å². The summed E-state index contributed by atoms with van der Waals surface area (Å²) in [6, 6.07) is 9.12. The van der Waals surface area contributed by atoms with Gasteiger partial charge in [-0.2, -0.15) is 5.10 Å². The summed E-state index contributed by atoms with van der Waals surface area (Å²) in [6.45, 7) is 4.87. The topological polar surface area (TPSA) is 70.5 Å². The zero-order valence-corrected chi connectivity index (χ0v) is 17.7. The Labute approximate surface area is 176 Å². The number of hydrogen-bond acceptors (Lipinski definition) is 4. The van der Waals surface area contributed by atoms with Crippen molar-refractivity contribution in [1.82, 2.24) is 24.9 Å². The van der Waals surface area contributed by atoms with Crippen LogP contribution in [-0.2, 0) is 17.8 Å². The number of likely N-dealkylation sites (N-methyl/N-ethyl adjacent to an activating group) is 1. The van der Waals surface area contributed by atoms with Gasteiger partial charge in [0, 0.05) is 43.9 Å². The number of rotatable bonds is 7. The van der Waals surface area contributed by atoms with E-state index >= 15 is 0 Å². The van der Waals surface area contributed by atoms with Crippen molar-refractivity contribution in [3.63, 3.8) is 0 Å². The predicted octanol–water partition coefficient (Wildman–Crippen LogP) is 2.06. The standard InChI is InChI=1S/C21H28ClN5O2/c1-3-27-12-10-18(24-27)21(29)26-14-13-25(2)19(15-26)20(28)23-11-6-8-16-7-4-5-9-17(16)22/h4-5,7,9-10,12,19H,3,6,8,11,13-15H2,1-2H3,(H,23,28)/t19-/m0/s1. The van der Waals surface area contributed by atoms with E-state index in [4.69, 9.17) is 11.6 Å². The van der Waals surface area contributed by atoms with E-state index < -0.39 is 0 Å². The lowest BCUT2D eigenvalue weighted by atomic mass is 10.1. The molecule has 1 atom stereocenters. The van der Waals surface area contributed by atoms with Gasteiger partial charge in [0.1, 0.15) is 11.7 Å². The lowest BCUT2D eigenvalue weighted by Crippen LogP contribution is -2.58. The molecule has 0 bridgehead atoms. The minimum atomic E-state index is -0.360. The molecular formula is C21H28ClN5O2. The molecule has 0 spiro atoms. The van der Waals surface area contributed by atoms with Crippen LogP contribution in [0.1, 0.15) is 29.4 Å². The van der Waals surface area contributed by atoms with E-state index in [0.29, 0.717) is 31.9 Å². The third kappa shape index (κ3) is 5.36. The fourth-order valence-electron chi connectivity index (χ4n) is 3.46. The van der Waals surface area contributed by atoms with Gasteiger partial charge in [-0.3, -0.25) is 19.2 Å². The number of aromatic nitrogens is 2. The van der Waals surface area contributed by atoms with E-state index in [1.165, 1.54) is 0 Å². The van der Waals surface area contributed by atoms with Crippen LogP contribution in [0.3, 0.4) is 0 Å². The van der Waals surface area contributed by atoms with Gasteiger partial charge in [-0.25, -0.2) is 0 Å². The van der Waals surface area contributed by atoms with Gasteiger partial charge in [-0.15, -0.1) is 0 Å². The summed E-state index contributed by atoms with van der Waals surface area (Å²) in [5.74, 6) is -0.176. The van der Waals surface area contributed by atoms with Crippen LogP contribution in [0.15, 0.2) is 36.5 Å². The van der Waals surface area contributed by atoms with E-state index in [9.17, 15) is 9.59 Å². The van der Waals surface area contributed by atoms with Gasteiger partial charge < -0.3 is 10.2 Å². The van der Waals surface area contributed by atoms with E-state index in [1.54, 1.807) is 21.8 Å². The number of piperazine rings is 1. The first-order valence-electron chi connectivity index (χ1n) is 10.0. The SMILES string of the molecule is CCn1ccc(C(=O)N2CCN(C)[C@H](C(=O)NCCCc3ccccc3Cl)C2)n1. The van der Waals surface area contributed by atoms with Crippen molar-refractivity contribution in [2.45, 2.75) is 32.4 Å². The van der Waals surface area contributed by atoms with Gasteiger partial charge in [0.15, 0.2) is 0 Å². The Morgan fingerprint density at radius 2 is 2.03 bits per heavy atom. The number of nitrogens with zero attached hydrogens (tertiary/aromatic N) is 4. The van der Waals surface area contributed by atoms with Gasteiger partial charge in [0.05, 0.1) is 0 Å². The predicted molar refractivity (Wildman–Crippen MR) is 113 cm³/mol. The Hall–Kier alpha value is -2.38. The highest BCUT2D eigenvalue weighted by Crippen LogP contribution is 2.16. The van der Waals surface area contributed by atoms with E-state index in [2.05, 4.69) is 10.4 Å². The fraction of sp³-hybridized carbons (Fsp3) is 0.476. The van der Waals surface area contributed by atoms with Crippen molar-refractivity contribution in [2.75, 3.05) is 33.2 Å². The quantitative estimate of drug-likeness (QED) is 0.700. The highest BCUT2D eigenvalue weighted by Gasteiger charge is 2.33. The number of hydrogen-bond donors (Lipinski definition) is 1. The number of carbonyl (C=O) groups is 2. The molecule has 0 unspecified atom stereocenters. The summed E-state index contributed by atoms with van der Waals surface area (Å²) < 4.78 is 1.73. The Balaban J connectivity index is 1.51. The zero-order valence-electron chi connectivity index (χ0n) is 17.0. The molecule has 2 amide bonds. The smallest absolute Gasteiger partial charge is 0.274 e. The molecule has 1 N–H and O–H groups in total. The van der Waals surface area contributed by atoms with Crippen molar-refractivity contribution in [3.8, 4) is 0 Å². The Morgan fingerprint density at radius 1 is 1.24 bits per heavy atom. The molecule has 0 radical (unpaired) electrons. The lowest BCUT2D eigenvalue weighted by molar-refractivity contribution is -0.127. The molecule has 29 heavy (non-hydrogen) atoms. The summed E-state index contributed by atoms with van der Waals surface area (Å²) >= 11 is 6.18. The van der Waals surface area contributed by atoms with Crippen molar-refractivity contribution in [3.05, 3.63) is 52.8 Å². The molecule has 1 aliphatic rings. The van der Waals surface area contributed by atoms with Crippen LogP contribution in [0.5, 0.6) is 0 Å². The average Bonchev–Trinajstić information content (AvgIpc) is 3.21. The molecule has 1 saturated heterocycles. The van der Waals surface area contributed by atoms with Gasteiger partial charge in [0.2, 0.25) is 5.91 Å². The summed E-state index contributed by atoms with van der Waals surface area (Å²) in [4.78, 5) is 29.2. The molecule has 8 heteroatoms. The van der Waals surface area contributed by atoms with Gasteiger partial charge in [-0.1, -0.05) is 29.8 Å². The third-order valence-corrected chi connectivity index (χ3v) is 5.67. The van der Waals surface area contributed by atoms with Crippen LogP contribution >= 0.6 is 11.6 Å². The monoisotopic (exact) mass is 417 g/mol. The summed E-state index contributed by atoms with van der Waals surface area (Å²) in [6.07, 6.45) is 3.42. The molecular weight excluding hydrogens is 390 g/mol. The number of benzene rings is 1. The lowest BCUT2D eigenvalue weighted by Gasteiger charge is -2.38. The first-order valence-corrected chi connectivity index (χ1v) is 10.4. The Morgan fingerprint density at radius 3 is 2.76 bits per heavy atom. The van der Waals surface area contributed by atoms with Crippen LogP contribution in [0.2, 0.25) is 5.02 Å². The highest BCUT2D eigenvalue weighted by molar-refractivity contribution is 6.31. The molecule has 0 saturated carbocycles. The first-order chi connectivity index (χ1) is 14.0. The van der Waals surface area contributed by atoms with Crippen LogP contribution < -0.4 is 5.32 Å². The largest absolute Gasteiger partial charge is 0.355 e. The normalized spacial score (nSPS) is 17.3. The number of aryl methyl sites for hydroxylation is 2. The van der Waals surface area contributed by atoms with Crippen LogP contribution in [0, 0.1) is 0 Å². The minimum absolute atomic E-state index is 0.0525. The molecule has 1 aromatic carbocycles. The second kappa shape index (κ2) is 9.89. The first kappa shape index (κ1) is 21.3. The zero-order chi connectivity index (χ0) is 20.8. The molecule has 1 fully saturated rings. The van der Waals surface area contributed by atoms with E-state index in [0.717, 1.165) is 30.0 Å². The van der Waals surface area contributed by atoms with Crippen molar-refractivity contribution in [2.24, 2.45) is 0 Å². The molecule has 2 heterocycles.